The molecule has 1 N–H and O–H groups in total. The van der Waals surface area contributed by atoms with Gasteiger partial charge in [-0.2, -0.15) is 0 Å². The summed E-state index contributed by atoms with van der Waals surface area (Å²) in [6.07, 6.45) is 2.18. The van der Waals surface area contributed by atoms with Gasteiger partial charge in [-0.05, 0) is 67.8 Å². The first-order valence-electron chi connectivity index (χ1n) is 9.94. The molecular formula is C25H25N3O2. The molecule has 4 rings (SSSR count). The van der Waals surface area contributed by atoms with Crippen LogP contribution in [0, 0.1) is 20.8 Å². The molecule has 152 valence electrons. The number of amides is 1. The van der Waals surface area contributed by atoms with Gasteiger partial charge in [-0.15, -0.1) is 0 Å². The summed E-state index contributed by atoms with van der Waals surface area (Å²) in [5, 5.41) is 2.97. The number of ether oxygens (including phenoxy) is 1. The summed E-state index contributed by atoms with van der Waals surface area (Å²) in [6.45, 7) is 6.22. The van der Waals surface area contributed by atoms with Crippen LogP contribution < -0.4 is 10.1 Å². The maximum Gasteiger partial charge on any atom is 0.230 e. The van der Waals surface area contributed by atoms with Crippen LogP contribution in [-0.4, -0.2) is 22.4 Å². The van der Waals surface area contributed by atoms with E-state index in [1.54, 1.807) is 7.11 Å². The fourth-order valence-corrected chi connectivity index (χ4v) is 3.58. The van der Waals surface area contributed by atoms with Crippen molar-refractivity contribution in [1.29, 1.82) is 0 Å². The lowest BCUT2D eigenvalue weighted by atomic mass is 10.0. The zero-order valence-electron chi connectivity index (χ0n) is 17.7. The molecule has 0 saturated heterocycles. The Labute approximate surface area is 176 Å². The van der Waals surface area contributed by atoms with Crippen LogP contribution in [0.2, 0.25) is 0 Å². The Kier molecular flexibility index (Phi) is 5.27. The van der Waals surface area contributed by atoms with E-state index in [1.807, 2.05) is 53.9 Å². The number of aryl methyl sites for hydroxylation is 3. The number of carbonyl (C=O) groups excluding carboxylic acids is 1. The number of hydrogen-bond acceptors (Lipinski definition) is 3. The van der Waals surface area contributed by atoms with Crippen molar-refractivity contribution in [3.63, 3.8) is 0 Å². The van der Waals surface area contributed by atoms with Gasteiger partial charge in [-0.1, -0.05) is 24.3 Å². The number of benzene rings is 2. The van der Waals surface area contributed by atoms with Crippen LogP contribution >= 0.6 is 0 Å². The van der Waals surface area contributed by atoms with E-state index in [0.717, 1.165) is 28.2 Å². The third kappa shape index (κ3) is 3.79. The van der Waals surface area contributed by atoms with Crippen molar-refractivity contribution < 1.29 is 9.53 Å². The number of nitrogens with one attached hydrogen (secondary N) is 1. The van der Waals surface area contributed by atoms with Crippen LogP contribution in [0.15, 0.2) is 60.8 Å². The molecule has 0 spiro atoms. The zero-order valence-corrected chi connectivity index (χ0v) is 17.7. The summed E-state index contributed by atoms with van der Waals surface area (Å²) in [5.41, 5.74) is 7.76. The second-order valence-electron chi connectivity index (χ2n) is 7.56. The highest BCUT2D eigenvalue weighted by atomic mass is 16.5. The fraction of sp³-hybridized carbons (Fsp3) is 0.200. The van der Waals surface area contributed by atoms with Gasteiger partial charge in [-0.3, -0.25) is 4.79 Å². The molecule has 0 saturated carbocycles. The molecule has 1 amide bonds. The molecule has 0 atom stereocenters. The smallest absolute Gasteiger partial charge is 0.230 e. The maximum atomic E-state index is 13.0. The van der Waals surface area contributed by atoms with E-state index in [9.17, 15) is 4.79 Å². The monoisotopic (exact) mass is 399 g/mol. The molecule has 5 nitrogen and oxygen atoms in total. The minimum absolute atomic E-state index is 0.119. The molecule has 0 bridgehead atoms. The number of imidazole rings is 1. The Morgan fingerprint density at radius 1 is 1.03 bits per heavy atom. The van der Waals surface area contributed by atoms with Gasteiger partial charge in [0.1, 0.15) is 11.4 Å². The van der Waals surface area contributed by atoms with Gasteiger partial charge >= 0.3 is 0 Å². The first kappa shape index (κ1) is 19.7. The molecule has 2 heterocycles. The van der Waals surface area contributed by atoms with E-state index >= 15 is 0 Å². The number of carbonyl (C=O) groups is 1. The van der Waals surface area contributed by atoms with Gasteiger partial charge in [0.15, 0.2) is 0 Å². The van der Waals surface area contributed by atoms with Crippen molar-refractivity contribution in [2.45, 2.75) is 27.2 Å². The van der Waals surface area contributed by atoms with E-state index < -0.39 is 0 Å². The predicted octanol–water partition coefficient (Wildman–Crippen LogP) is 5.12. The van der Waals surface area contributed by atoms with Crippen LogP contribution in [0.25, 0.3) is 16.9 Å². The molecule has 2 aromatic carbocycles. The largest absolute Gasteiger partial charge is 0.495 e. The van der Waals surface area contributed by atoms with Crippen LogP contribution in [0.1, 0.15) is 22.4 Å². The lowest BCUT2D eigenvalue weighted by Crippen LogP contribution is -2.16. The molecule has 0 radical (unpaired) electrons. The Morgan fingerprint density at radius 3 is 2.60 bits per heavy atom. The van der Waals surface area contributed by atoms with E-state index in [-0.39, 0.29) is 12.3 Å². The average molecular weight is 399 g/mol. The Balaban J connectivity index is 1.75. The number of fused-ring (bicyclic) bond motifs is 1. The lowest BCUT2D eigenvalue weighted by molar-refractivity contribution is -0.115. The minimum Gasteiger partial charge on any atom is -0.495 e. The fourth-order valence-electron chi connectivity index (χ4n) is 3.58. The molecule has 30 heavy (non-hydrogen) atoms. The third-order valence-electron chi connectivity index (χ3n) is 5.37. The first-order chi connectivity index (χ1) is 14.5. The van der Waals surface area contributed by atoms with E-state index in [4.69, 9.17) is 9.72 Å². The number of pyridine rings is 1. The van der Waals surface area contributed by atoms with Gasteiger partial charge in [0.05, 0.1) is 30.6 Å². The number of para-hydroxylation sites is 2. The van der Waals surface area contributed by atoms with Crippen molar-refractivity contribution in [2.24, 2.45) is 0 Å². The molecule has 0 aliphatic heterocycles. The lowest BCUT2D eigenvalue weighted by Gasteiger charge is -2.11. The Bertz CT molecular complexity index is 1240. The number of methoxy groups -OCH3 is 1. The number of rotatable bonds is 5. The van der Waals surface area contributed by atoms with Gasteiger partial charge in [0.25, 0.3) is 0 Å². The third-order valence-corrected chi connectivity index (χ3v) is 5.37. The number of nitrogens with zero attached hydrogens (tertiary/aromatic N) is 2. The molecule has 0 fully saturated rings. The first-order valence-corrected chi connectivity index (χ1v) is 9.94. The predicted molar refractivity (Wildman–Crippen MR) is 120 cm³/mol. The molecule has 0 aliphatic rings. The highest BCUT2D eigenvalue weighted by Crippen LogP contribution is 2.28. The normalized spacial score (nSPS) is 10.9. The summed E-state index contributed by atoms with van der Waals surface area (Å²) in [6, 6.07) is 17.8. The molecule has 5 heteroatoms. The minimum atomic E-state index is -0.119. The molecule has 0 unspecified atom stereocenters. The summed E-state index contributed by atoms with van der Waals surface area (Å²) in [5.74, 6) is 0.515. The Morgan fingerprint density at radius 2 is 1.83 bits per heavy atom. The molecule has 4 aromatic rings. The highest BCUT2D eigenvalue weighted by molar-refractivity contribution is 5.94. The number of hydrogen-bond donors (Lipinski definition) is 1. The standard InChI is InChI=1S/C25H25N3O2/c1-16-11-12-28-21(15-24(29)26-20-7-5-6-8-22(20)30-4)25(27-23(28)13-16)19-10-9-17(2)18(3)14-19/h5-14H,15H2,1-4H3,(H,26,29). The van der Waals surface area contributed by atoms with E-state index in [1.165, 1.54) is 11.1 Å². The van der Waals surface area contributed by atoms with Crippen molar-refractivity contribution in [3.05, 3.63) is 83.2 Å². The summed E-state index contributed by atoms with van der Waals surface area (Å²) < 4.78 is 7.35. The van der Waals surface area contributed by atoms with Gasteiger partial charge in [0.2, 0.25) is 5.91 Å². The molecule has 0 aliphatic carbocycles. The topological polar surface area (TPSA) is 55.6 Å². The average Bonchev–Trinajstić information content (AvgIpc) is 3.07. The Hall–Kier alpha value is -3.60. The van der Waals surface area contributed by atoms with Crippen molar-refractivity contribution in [3.8, 4) is 17.0 Å². The van der Waals surface area contributed by atoms with Gasteiger partial charge in [-0.25, -0.2) is 4.98 Å². The van der Waals surface area contributed by atoms with Crippen LogP contribution in [0.4, 0.5) is 5.69 Å². The van der Waals surface area contributed by atoms with Crippen molar-refractivity contribution >= 4 is 17.2 Å². The van der Waals surface area contributed by atoms with Crippen molar-refractivity contribution in [2.75, 3.05) is 12.4 Å². The zero-order chi connectivity index (χ0) is 21.3. The van der Waals surface area contributed by atoms with E-state index in [2.05, 4.69) is 37.4 Å². The van der Waals surface area contributed by atoms with Crippen LogP contribution in [0.5, 0.6) is 5.75 Å². The number of aromatic nitrogens is 2. The summed E-state index contributed by atoms with van der Waals surface area (Å²) in [7, 11) is 1.59. The van der Waals surface area contributed by atoms with E-state index in [0.29, 0.717) is 11.4 Å². The molecular weight excluding hydrogens is 374 g/mol. The van der Waals surface area contributed by atoms with Crippen molar-refractivity contribution in [1.82, 2.24) is 9.38 Å². The number of anilines is 1. The quantitative estimate of drug-likeness (QED) is 0.507. The molecule has 2 aromatic heterocycles. The van der Waals surface area contributed by atoms with Gasteiger partial charge < -0.3 is 14.5 Å². The second kappa shape index (κ2) is 8.03. The van der Waals surface area contributed by atoms with Crippen LogP contribution in [-0.2, 0) is 11.2 Å². The SMILES string of the molecule is COc1ccccc1NC(=O)Cc1c(-c2ccc(C)c(C)c2)nc2cc(C)ccn12. The maximum absolute atomic E-state index is 13.0. The summed E-state index contributed by atoms with van der Waals surface area (Å²) >= 11 is 0. The van der Waals surface area contributed by atoms with Gasteiger partial charge in [0, 0.05) is 11.8 Å². The van der Waals surface area contributed by atoms with Crippen LogP contribution in [0.3, 0.4) is 0 Å². The second-order valence-corrected chi connectivity index (χ2v) is 7.56. The highest BCUT2D eigenvalue weighted by Gasteiger charge is 2.18. The summed E-state index contributed by atoms with van der Waals surface area (Å²) in [4.78, 5) is 17.8.